The molecule has 2 nitrogen and oxygen atoms in total. The molecule has 0 aromatic rings. The Bertz CT molecular complexity index is 76.6. The van der Waals surface area contributed by atoms with Crippen molar-refractivity contribution in [3.63, 3.8) is 0 Å². The van der Waals surface area contributed by atoms with Crippen LogP contribution in [0.25, 0.3) is 5.01 Å². The average Bonchev–Trinajstić information content (AvgIpc) is 1.41. The number of rotatable bonds is 0. The zero-order valence-electron chi connectivity index (χ0n) is 2.64. The summed E-state index contributed by atoms with van der Waals surface area (Å²) in [5.74, 6) is 0. The molecule has 0 aromatic carbocycles. The summed E-state index contributed by atoms with van der Waals surface area (Å²) in [4.78, 5) is 0. The number of hydrogen-bond acceptors (Lipinski definition) is 1. The van der Waals surface area contributed by atoms with Gasteiger partial charge < -0.3 is 5.21 Å². The van der Waals surface area contributed by atoms with Crippen LogP contribution in [-0.2, 0) is 0 Å². The highest BCUT2D eigenvalue weighted by molar-refractivity contribution is 5.04. The quantitative estimate of drug-likeness (QED) is 0.308. The fourth-order valence-corrected chi connectivity index (χ4v) is 0.0373. The van der Waals surface area contributed by atoms with Crippen molar-refractivity contribution in [2.24, 2.45) is 0 Å². The molecule has 0 fully saturated rings. The summed E-state index contributed by atoms with van der Waals surface area (Å²) in [6.07, 6.45) is 1.20. The van der Waals surface area contributed by atoms with Gasteiger partial charge in [0.05, 0.1) is 6.08 Å². The minimum atomic E-state index is 1.20. The van der Waals surface area contributed by atoms with Gasteiger partial charge in [-0.3, -0.25) is 0 Å². The predicted octanol–water partition coefficient (Wildman–Crippen LogP) is 1.00. The van der Waals surface area contributed by atoms with Gasteiger partial charge in [-0.2, -0.15) is 0 Å². The van der Waals surface area contributed by atoms with Gasteiger partial charge in [-0.1, -0.05) is 6.58 Å². The second-order valence-corrected chi connectivity index (χ2v) is 0.425. The fraction of sp³-hybridized carbons (Fsp3) is 0. The van der Waals surface area contributed by atoms with Crippen molar-refractivity contribution in [1.82, 2.24) is 0 Å². The molecule has 0 N–H and O–H groups in total. The number of hydrogen-bond donors (Lipinski definition) is 0. The maximum absolute atomic E-state index is 8.97. The van der Waals surface area contributed by atoms with Crippen LogP contribution in [0, 0.1) is 11.3 Å². The average molecular weight is 69.1 g/mol. The second-order valence-electron chi connectivity index (χ2n) is 0.425. The highest BCUT2D eigenvalue weighted by atomic mass is 16.4. The molecule has 0 atom stereocenters. The third-order valence-electron chi connectivity index (χ3n) is 0.144. The van der Waals surface area contributed by atoms with Crippen molar-refractivity contribution in [3.05, 3.63) is 22.9 Å². The summed E-state index contributed by atoms with van der Waals surface area (Å²) in [6, 6.07) is 1.94. The highest BCUT2D eigenvalue weighted by Crippen LogP contribution is 1.54. The first-order valence-corrected chi connectivity index (χ1v) is 1.10. The molecule has 2 heteroatoms. The topological polar surface area (TPSA) is 27.4 Å². The van der Waals surface area contributed by atoms with Crippen LogP contribution in [0.3, 0.4) is 0 Å². The molecule has 0 aliphatic rings. The summed E-state index contributed by atoms with van der Waals surface area (Å²) in [7, 11) is 0. The van der Waals surface area contributed by atoms with Crippen molar-refractivity contribution < 1.29 is 0 Å². The van der Waals surface area contributed by atoms with E-state index in [9.17, 15) is 0 Å². The van der Waals surface area contributed by atoms with Crippen molar-refractivity contribution in [1.29, 1.82) is 0 Å². The lowest BCUT2D eigenvalue weighted by atomic mass is 10.7. The molecule has 0 heterocycles. The van der Waals surface area contributed by atoms with Crippen molar-refractivity contribution >= 4 is 0 Å². The third kappa shape index (κ3) is 3.03. The summed E-state index contributed by atoms with van der Waals surface area (Å²) >= 11 is 0. The minimum absolute atomic E-state index is 1.20. The van der Waals surface area contributed by atoms with E-state index in [0.717, 1.165) is 0 Å². The first-order chi connectivity index (χ1) is 2.41. The molecule has 0 aromatic heterocycles. The van der Waals surface area contributed by atoms with E-state index in [1.807, 2.05) is 6.07 Å². The first-order valence-electron chi connectivity index (χ1n) is 1.10. The van der Waals surface area contributed by atoms with Crippen molar-refractivity contribution in [2.45, 2.75) is 0 Å². The van der Waals surface area contributed by atoms with E-state index in [2.05, 4.69) is 11.6 Å². The lowest BCUT2D eigenvalue weighted by Gasteiger charge is -1.44. The van der Waals surface area contributed by atoms with Crippen LogP contribution >= 0.6 is 0 Å². The maximum atomic E-state index is 8.97. The van der Waals surface area contributed by atoms with Gasteiger partial charge in [0.15, 0.2) is 0 Å². The van der Waals surface area contributed by atoms with E-state index in [0.29, 0.717) is 0 Å². The van der Waals surface area contributed by atoms with Crippen LogP contribution < -0.4 is 0 Å². The van der Waals surface area contributed by atoms with Gasteiger partial charge in [0.25, 0.3) is 0 Å². The van der Waals surface area contributed by atoms with E-state index < -0.39 is 0 Å². The summed E-state index contributed by atoms with van der Waals surface area (Å²) in [6.45, 7) is 3.15. The van der Waals surface area contributed by atoms with Crippen LogP contribution in [0.1, 0.15) is 0 Å². The molecule has 0 rings (SSSR count). The Balaban J connectivity index is 3.16. The normalized spacial score (nSPS) is 4.00. The Kier molecular flexibility index (Phi) is 2.44. The van der Waals surface area contributed by atoms with Gasteiger partial charge in [-0.15, -0.1) is 0 Å². The molecule has 5 heavy (non-hydrogen) atoms. The van der Waals surface area contributed by atoms with Gasteiger partial charge in [-0.05, 0) is 0 Å². The van der Waals surface area contributed by atoms with Gasteiger partial charge in [0.2, 0.25) is 0 Å². The van der Waals surface area contributed by atoms with E-state index >= 15 is 0 Å². The molecule has 0 aliphatic carbocycles. The largest absolute Gasteiger partial charge is 0.498 e. The summed E-state index contributed by atoms with van der Waals surface area (Å²) in [5.41, 5.74) is 0. The SMILES string of the molecule is C=CC#[N+][O-]. The van der Waals surface area contributed by atoms with E-state index in [1.54, 1.807) is 0 Å². The van der Waals surface area contributed by atoms with Crippen LogP contribution in [0.15, 0.2) is 12.7 Å². The lowest BCUT2D eigenvalue weighted by Crippen LogP contribution is -1.30. The predicted molar refractivity (Wildman–Crippen MR) is 20.8 cm³/mol. The van der Waals surface area contributed by atoms with Crippen LogP contribution in [0.2, 0.25) is 0 Å². The Morgan fingerprint density at radius 1 is 2.00 bits per heavy atom. The van der Waals surface area contributed by atoms with Crippen molar-refractivity contribution in [2.75, 3.05) is 0 Å². The standard InChI is InChI=1S/C3H3NO/c1-2-3-4-5/h2H,1H2. The lowest BCUT2D eigenvalue weighted by molar-refractivity contribution is 2.13. The smallest absolute Gasteiger partial charge is 0.328 e. The monoisotopic (exact) mass is 69.0 g/mol. The molecule has 0 radical (unpaired) electrons. The van der Waals surface area contributed by atoms with Gasteiger partial charge in [0.1, 0.15) is 0 Å². The number of nitrogens with zero attached hydrogens (tertiary/aromatic N) is 1. The second kappa shape index (κ2) is 3.03. The van der Waals surface area contributed by atoms with Gasteiger partial charge >= 0.3 is 6.07 Å². The van der Waals surface area contributed by atoms with E-state index in [4.69, 9.17) is 5.21 Å². The Morgan fingerprint density at radius 2 is 2.60 bits per heavy atom. The Hall–Kier alpha value is -0.970. The van der Waals surface area contributed by atoms with E-state index in [1.165, 1.54) is 6.08 Å². The Labute approximate surface area is 30.1 Å². The van der Waals surface area contributed by atoms with Gasteiger partial charge in [-0.25, -0.2) is 0 Å². The summed E-state index contributed by atoms with van der Waals surface area (Å²) < 4.78 is 0. The molecule has 0 unspecified atom stereocenters. The minimum Gasteiger partial charge on any atom is -0.498 e. The molecule has 0 bridgehead atoms. The van der Waals surface area contributed by atoms with Crippen LogP contribution in [-0.4, -0.2) is 0 Å². The zero-order chi connectivity index (χ0) is 4.12. The molecule has 0 saturated carbocycles. The molecule has 0 spiro atoms. The fourth-order valence-electron chi connectivity index (χ4n) is 0.0373. The maximum Gasteiger partial charge on any atom is 0.328 e. The van der Waals surface area contributed by atoms with Crippen molar-refractivity contribution in [3.8, 4) is 6.07 Å². The summed E-state index contributed by atoms with van der Waals surface area (Å²) in [5, 5.41) is 11.2. The van der Waals surface area contributed by atoms with Crippen LogP contribution in [0.4, 0.5) is 0 Å². The molecule has 0 amide bonds. The Morgan fingerprint density at radius 3 is 2.60 bits per heavy atom. The van der Waals surface area contributed by atoms with E-state index in [-0.39, 0.29) is 0 Å². The third-order valence-corrected chi connectivity index (χ3v) is 0.144. The zero-order valence-corrected chi connectivity index (χ0v) is 2.64. The van der Waals surface area contributed by atoms with Crippen LogP contribution in [0.5, 0.6) is 0 Å². The molecular weight excluding hydrogens is 66.0 g/mol. The number of allylic oxidation sites excluding steroid dienone is 1. The molecule has 0 saturated heterocycles. The molecular formula is C3H3NO. The van der Waals surface area contributed by atoms with Gasteiger partial charge in [0, 0.05) is 5.01 Å². The molecule has 26 valence electrons. The highest BCUT2D eigenvalue weighted by Gasteiger charge is 1.52. The first kappa shape index (κ1) is 4.03. The molecule has 0 aliphatic heterocycles.